The maximum absolute atomic E-state index is 3.49. The third-order valence-corrected chi connectivity index (χ3v) is 3.06. The lowest BCUT2D eigenvalue weighted by Gasteiger charge is -2.22. The molecule has 0 radical (unpaired) electrons. The highest BCUT2D eigenvalue weighted by Gasteiger charge is 2.08. The Balaban J connectivity index is 2.42. The van der Waals surface area contributed by atoms with Gasteiger partial charge in [-0.25, -0.2) is 0 Å². The molecule has 0 fully saturated rings. The van der Waals surface area contributed by atoms with E-state index < -0.39 is 0 Å². The van der Waals surface area contributed by atoms with Crippen molar-refractivity contribution >= 4 is 5.69 Å². The molecule has 0 aliphatic rings. The van der Waals surface area contributed by atoms with Gasteiger partial charge in [0.1, 0.15) is 0 Å². The van der Waals surface area contributed by atoms with Gasteiger partial charge in [-0.15, -0.1) is 0 Å². The Hall–Kier alpha value is -1.24. The van der Waals surface area contributed by atoms with E-state index in [0.29, 0.717) is 0 Å². The van der Waals surface area contributed by atoms with Gasteiger partial charge >= 0.3 is 0 Å². The molecular weight excluding hydrogens is 230 g/mol. The van der Waals surface area contributed by atoms with Gasteiger partial charge in [-0.2, -0.15) is 0 Å². The number of allylic oxidation sites excluding steroid dienone is 2. The lowest BCUT2D eigenvalue weighted by molar-refractivity contribution is 0.634. The summed E-state index contributed by atoms with van der Waals surface area (Å²) < 4.78 is 0. The fourth-order valence-corrected chi connectivity index (χ4v) is 2.21. The summed E-state index contributed by atoms with van der Waals surface area (Å²) in [5.74, 6) is 0. The average molecular weight is 259 g/mol. The molecule has 1 N–H and O–H groups in total. The minimum atomic E-state index is 0.129. The molecule has 0 amide bonds. The van der Waals surface area contributed by atoms with E-state index in [9.17, 15) is 0 Å². The van der Waals surface area contributed by atoms with Gasteiger partial charge in [-0.3, -0.25) is 0 Å². The van der Waals surface area contributed by atoms with E-state index in [1.807, 2.05) is 0 Å². The highest BCUT2D eigenvalue weighted by atomic mass is 14.9. The lowest BCUT2D eigenvalue weighted by Crippen LogP contribution is -2.25. The molecule has 19 heavy (non-hydrogen) atoms. The number of rotatable bonds is 6. The number of nitrogens with one attached hydrogen (secondary N) is 1. The molecule has 1 heteroatoms. The Morgan fingerprint density at radius 2 is 1.79 bits per heavy atom. The van der Waals surface area contributed by atoms with Crippen LogP contribution in [0, 0.1) is 0 Å². The quantitative estimate of drug-likeness (QED) is 0.658. The summed E-state index contributed by atoms with van der Waals surface area (Å²) in [6.07, 6.45) is 7.12. The van der Waals surface area contributed by atoms with E-state index in [1.54, 1.807) is 0 Å². The maximum Gasteiger partial charge on any atom is 0.0344 e. The van der Waals surface area contributed by atoms with Crippen molar-refractivity contribution in [2.24, 2.45) is 0 Å². The smallest absolute Gasteiger partial charge is 0.0344 e. The second-order valence-electron chi connectivity index (χ2n) is 6.38. The van der Waals surface area contributed by atoms with Gasteiger partial charge in [0.15, 0.2) is 0 Å². The van der Waals surface area contributed by atoms with E-state index in [4.69, 9.17) is 0 Å². The zero-order valence-electron chi connectivity index (χ0n) is 13.2. The molecule has 0 atom stereocenters. The van der Waals surface area contributed by atoms with Crippen LogP contribution in [0.3, 0.4) is 0 Å². The van der Waals surface area contributed by atoms with Crippen LogP contribution in [0.2, 0.25) is 0 Å². The first-order valence-electron chi connectivity index (χ1n) is 7.43. The predicted octanol–water partition coefficient (Wildman–Crippen LogP) is 5.58. The van der Waals surface area contributed by atoms with E-state index in [0.717, 1.165) is 6.42 Å². The van der Waals surface area contributed by atoms with Crippen LogP contribution < -0.4 is 5.32 Å². The number of benzene rings is 1. The molecule has 0 aromatic heterocycles. The van der Waals surface area contributed by atoms with Gasteiger partial charge in [0.25, 0.3) is 0 Å². The molecule has 1 rings (SSSR count). The summed E-state index contributed by atoms with van der Waals surface area (Å²) in [5, 5.41) is 3.49. The number of anilines is 1. The van der Waals surface area contributed by atoms with E-state index >= 15 is 0 Å². The van der Waals surface area contributed by atoms with Crippen LogP contribution in [0.1, 0.15) is 59.4 Å². The molecule has 0 bridgehead atoms. The van der Waals surface area contributed by atoms with Crippen molar-refractivity contribution in [1.29, 1.82) is 0 Å². The standard InChI is InChI=1S/C18H29N/c1-6-8-15(2)9-7-10-16-11-13-17(14-12-16)19-18(3,4)5/h8,11-14,19H,6-7,9-10H2,1-5H3/b15-8+. The SMILES string of the molecule is CC/C=C(\C)CCCc1ccc(NC(C)(C)C)cc1. The lowest BCUT2D eigenvalue weighted by atomic mass is 10.0. The maximum atomic E-state index is 3.49. The minimum Gasteiger partial charge on any atom is -0.380 e. The van der Waals surface area contributed by atoms with Gasteiger partial charge in [-0.05, 0) is 71.1 Å². The molecule has 0 spiro atoms. The Morgan fingerprint density at radius 3 is 2.32 bits per heavy atom. The topological polar surface area (TPSA) is 12.0 Å². The van der Waals surface area contributed by atoms with Crippen LogP contribution in [0.15, 0.2) is 35.9 Å². The fraction of sp³-hybridized carbons (Fsp3) is 0.556. The van der Waals surface area contributed by atoms with Gasteiger partial charge in [0.05, 0.1) is 0 Å². The number of hydrogen-bond donors (Lipinski definition) is 1. The van der Waals surface area contributed by atoms with E-state index in [2.05, 4.69) is 70.3 Å². The first kappa shape index (κ1) is 15.8. The first-order chi connectivity index (χ1) is 8.90. The van der Waals surface area contributed by atoms with Gasteiger partial charge in [-0.1, -0.05) is 30.7 Å². The van der Waals surface area contributed by atoms with Crippen molar-refractivity contribution in [1.82, 2.24) is 0 Å². The van der Waals surface area contributed by atoms with Crippen LogP contribution in [-0.4, -0.2) is 5.54 Å². The fourth-order valence-electron chi connectivity index (χ4n) is 2.21. The molecule has 0 aliphatic carbocycles. The summed E-state index contributed by atoms with van der Waals surface area (Å²) >= 11 is 0. The second-order valence-corrected chi connectivity index (χ2v) is 6.38. The van der Waals surface area contributed by atoms with E-state index in [1.165, 1.54) is 36.1 Å². The van der Waals surface area contributed by atoms with Crippen molar-refractivity contribution < 1.29 is 0 Å². The Morgan fingerprint density at radius 1 is 1.16 bits per heavy atom. The molecule has 1 nitrogen and oxygen atoms in total. The molecule has 1 aromatic rings. The molecule has 1 aromatic carbocycles. The highest BCUT2D eigenvalue weighted by molar-refractivity contribution is 5.46. The van der Waals surface area contributed by atoms with Crippen molar-refractivity contribution in [2.75, 3.05) is 5.32 Å². The Labute approximate surface area is 119 Å². The first-order valence-corrected chi connectivity index (χ1v) is 7.43. The average Bonchev–Trinajstić information content (AvgIpc) is 2.30. The van der Waals surface area contributed by atoms with Crippen molar-refractivity contribution in [3.8, 4) is 0 Å². The third-order valence-electron chi connectivity index (χ3n) is 3.06. The minimum absolute atomic E-state index is 0.129. The molecular formula is C18H29N. The monoisotopic (exact) mass is 259 g/mol. The zero-order valence-corrected chi connectivity index (χ0v) is 13.2. The van der Waals surface area contributed by atoms with E-state index in [-0.39, 0.29) is 5.54 Å². The summed E-state index contributed by atoms with van der Waals surface area (Å²) in [6, 6.07) is 8.87. The summed E-state index contributed by atoms with van der Waals surface area (Å²) in [7, 11) is 0. The van der Waals surface area contributed by atoms with Gasteiger partial charge in [0.2, 0.25) is 0 Å². The molecule has 0 saturated carbocycles. The predicted molar refractivity (Wildman–Crippen MR) is 86.8 cm³/mol. The molecule has 0 unspecified atom stereocenters. The molecule has 0 aliphatic heterocycles. The van der Waals surface area contributed by atoms with Gasteiger partial charge < -0.3 is 5.32 Å². The van der Waals surface area contributed by atoms with Crippen molar-refractivity contribution in [2.45, 2.75) is 65.8 Å². The molecule has 106 valence electrons. The normalized spacial score (nSPS) is 12.6. The van der Waals surface area contributed by atoms with Crippen molar-refractivity contribution in [3.05, 3.63) is 41.5 Å². The van der Waals surface area contributed by atoms with Crippen LogP contribution in [0.25, 0.3) is 0 Å². The highest BCUT2D eigenvalue weighted by Crippen LogP contribution is 2.17. The van der Waals surface area contributed by atoms with Crippen LogP contribution in [-0.2, 0) is 6.42 Å². The van der Waals surface area contributed by atoms with Crippen LogP contribution in [0.4, 0.5) is 5.69 Å². The van der Waals surface area contributed by atoms with Crippen LogP contribution in [0.5, 0.6) is 0 Å². The number of aryl methyl sites for hydroxylation is 1. The van der Waals surface area contributed by atoms with Gasteiger partial charge in [0, 0.05) is 11.2 Å². The molecule has 0 heterocycles. The summed E-state index contributed by atoms with van der Waals surface area (Å²) in [6.45, 7) is 11.0. The zero-order chi connectivity index (χ0) is 14.3. The second kappa shape index (κ2) is 7.37. The summed E-state index contributed by atoms with van der Waals surface area (Å²) in [4.78, 5) is 0. The van der Waals surface area contributed by atoms with Crippen LogP contribution >= 0.6 is 0 Å². The van der Waals surface area contributed by atoms with Crippen molar-refractivity contribution in [3.63, 3.8) is 0 Å². The summed E-state index contributed by atoms with van der Waals surface area (Å²) in [5.41, 5.74) is 4.29. The largest absolute Gasteiger partial charge is 0.380 e. The third kappa shape index (κ3) is 7.05. The molecule has 0 saturated heterocycles. The number of hydrogen-bond acceptors (Lipinski definition) is 1. The Bertz CT molecular complexity index is 393. The Kier molecular flexibility index (Phi) is 6.14.